The summed E-state index contributed by atoms with van der Waals surface area (Å²) >= 11 is 6.00. The van der Waals surface area contributed by atoms with Gasteiger partial charge in [-0.1, -0.05) is 35.9 Å². The molecule has 0 heterocycles. The monoisotopic (exact) mass is 280 g/mol. The van der Waals surface area contributed by atoms with Gasteiger partial charge in [0, 0.05) is 5.56 Å². The smallest absolute Gasteiger partial charge is 0.137 e. The van der Waals surface area contributed by atoms with Crippen LogP contribution >= 0.6 is 11.6 Å². The molecule has 0 amide bonds. The first-order chi connectivity index (χ1) is 9.04. The quantitative estimate of drug-likeness (QED) is 0.924. The van der Waals surface area contributed by atoms with Gasteiger partial charge in [-0.15, -0.1) is 0 Å². The zero-order chi connectivity index (χ0) is 14.0. The maximum atomic E-state index is 14.0. The fraction of sp³-hybridized carbons (Fsp3) is 0.200. The van der Waals surface area contributed by atoms with Crippen LogP contribution in [0.1, 0.15) is 22.8 Å². The Morgan fingerprint density at radius 2 is 2.00 bits per heavy atom. The maximum Gasteiger partial charge on any atom is 0.137 e. The van der Waals surface area contributed by atoms with Crippen LogP contribution in [0.3, 0.4) is 0 Å². The molecular weight excluding hydrogens is 267 g/mol. The van der Waals surface area contributed by atoms with Crippen molar-refractivity contribution in [3.8, 4) is 5.75 Å². The van der Waals surface area contributed by atoms with Crippen LogP contribution in [-0.4, -0.2) is 12.2 Å². The van der Waals surface area contributed by atoms with Gasteiger partial charge in [-0.2, -0.15) is 0 Å². The molecule has 19 heavy (non-hydrogen) atoms. The Hall–Kier alpha value is -1.58. The lowest BCUT2D eigenvalue weighted by molar-refractivity contribution is 0.214. The second-order valence-electron chi connectivity index (χ2n) is 4.27. The second kappa shape index (κ2) is 5.59. The van der Waals surface area contributed by atoms with E-state index in [1.165, 1.54) is 7.11 Å². The molecule has 2 rings (SSSR count). The topological polar surface area (TPSA) is 29.5 Å². The van der Waals surface area contributed by atoms with E-state index in [4.69, 9.17) is 16.3 Å². The molecular formula is C15H14ClFO2. The van der Waals surface area contributed by atoms with Gasteiger partial charge in [0.1, 0.15) is 17.7 Å². The number of hydrogen-bond donors (Lipinski definition) is 1. The zero-order valence-electron chi connectivity index (χ0n) is 10.7. The molecule has 0 saturated carbocycles. The highest BCUT2D eigenvalue weighted by Gasteiger charge is 2.17. The minimum absolute atomic E-state index is 0.237. The SMILES string of the molecule is COc1ccc(C(O)c2cccc(C)c2F)cc1Cl. The number of methoxy groups -OCH3 is 1. The van der Waals surface area contributed by atoms with E-state index in [-0.39, 0.29) is 5.56 Å². The standard InChI is InChI=1S/C15H14ClFO2/c1-9-4-3-5-11(14(9)17)15(18)10-6-7-13(19-2)12(16)8-10/h3-8,15,18H,1-2H3. The Labute approximate surface area is 116 Å². The highest BCUT2D eigenvalue weighted by molar-refractivity contribution is 6.32. The molecule has 0 fully saturated rings. The van der Waals surface area contributed by atoms with Crippen LogP contribution in [0.15, 0.2) is 36.4 Å². The number of rotatable bonds is 3. The molecule has 1 atom stereocenters. The van der Waals surface area contributed by atoms with Crippen molar-refractivity contribution in [1.82, 2.24) is 0 Å². The van der Waals surface area contributed by atoms with Crippen LogP contribution in [0.25, 0.3) is 0 Å². The molecule has 2 aromatic carbocycles. The van der Waals surface area contributed by atoms with E-state index >= 15 is 0 Å². The van der Waals surface area contributed by atoms with E-state index < -0.39 is 11.9 Å². The summed E-state index contributed by atoms with van der Waals surface area (Å²) in [5.41, 5.74) is 1.26. The first kappa shape index (κ1) is 13.8. The predicted octanol–water partition coefficient (Wildman–Crippen LogP) is 3.88. The second-order valence-corrected chi connectivity index (χ2v) is 4.68. The van der Waals surface area contributed by atoms with Crippen molar-refractivity contribution in [2.45, 2.75) is 13.0 Å². The number of aryl methyl sites for hydroxylation is 1. The van der Waals surface area contributed by atoms with Gasteiger partial charge in [0.05, 0.1) is 12.1 Å². The zero-order valence-corrected chi connectivity index (χ0v) is 11.4. The first-order valence-corrected chi connectivity index (χ1v) is 6.19. The normalized spacial score (nSPS) is 12.3. The molecule has 0 aliphatic heterocycles. The summed E-state index contributed by atoms with van der Waals surface area (Å²) in [7, 11) is 1.51. The third-order valence-corrected chi connectivity index (χ3v) is 3.30. The van der Waals surface area contributed by atoms with E-state index in [2.05, 4.69) is 0 Å². The summed E-state index contributed by atoms with van der Waals surface area (Å²) in [6.07, 6.45) is -1.05. The summed E-state index contributed by atoms with van der Waals surface area (Å²) in [4.78, 5) is 0. The molecule has 4 heteroatoms. The molecule has 0 bridgehead atoms. The molecule has 0 saturated heterocycles. The summed E-state index contributed by atoms with van der Waals surface area (Å²) in [5, 5.41) is 10.6. The molecule has 2 nitrogen and oxygen atoms in total. The van der Waals surface area contributed by atoms with E-state index in [9.17, 15) is 9.50 Å². The van der Waals surface area contributed by atoms with Crippen LogP contribution in [0.4, 0.5) is 4.39 Å². The molecule has 2 aromatic rings. The van der Waals surface area contributed by atoms with Gasteiger partial charge >= 0.3 is 0 Å². The van der Waals surface area contributed by atoms with E-state index in [1.807, 2.05) is 0 Å². The van der Waals surface area contributed by atoms with Crippen molar-refractivity contribution < 1.29 is 14.2 Å². The molecule has 0 aromatic heterocycles. The van der Waals surface area contributed by atoms with Gasteiger partial charge in [0.2, 0.25) is 0 Å². The maximum absolute atomic E-state index is 14.0. The molecule has 1 unspecified atom stereocenters. The minimum atomic E-state index is -1.05. The fourth-order valence-corrected chi connectivity index (χ4v) is 2.18. The van der Waals surface area contributed by atoms with Crippen molar-refractivity contribution in [3.63, 3.8) is 0 Å². The lowest BCUT2D eigenvalue weighted by Gasteiger charge is -2.14. The predicted molar refractivity (Wildman–Crippen MR) is 73.2 cm³/mol. The number of aliphatic hydroxyl groups is 1. The van der Waals surface area contributed by atoms with Gasteiger partial charge in [0.25, 0.3) is 0 Å². The van der Waals surface area contributed by atoms with Crippen molar-refractivity contribution in [2.75, 3.05) is 7.11 Å². The summed E-state index contributed by atoms with van der Waals surface area (Å²) in [5.74, 6) is 0.115. The van der Waals surface area contributed by atoms with Crippen LogP contribution < -0.4 is 4.74 Å². The van der Waals surface area contributed by atoms with Gasteiger partial charge < -0.3 is 9.84 Å². The lowest BCUT2D eigenvalue weighted by atomic mass is 9.99. The Balaban J connectivity index is 2.41. The molecule has 0 aliphatic carbocycles. The first-order valence-electron chi connectivity index (χ1n) is 5.81. The summed E-state index contributed by atoms with van der Waals surface area (Å²) in [6, 6.07) is 9.82. The van der Waals surface area contributed by atoms with E-state index in [0.29, 0.717) is 21.9 Å². The highest BCUT2D eigenvalue weighted by atomic mass is 35.5. The number of hydrogen-bond acceptors (Lipinski definition) is 2. The van der Waals surface area contributed by atoms with Crippen LogP contribution in [-0.2, 0) is 0 Å². The Kier molecular flexibility index (Phi) is 4.08. The van der Waals surface area contributed by atoms with Crippen LogP contribution in [0.5, 0.6) is 5.75 Å². The lowest BCUT2D eigenvalue weighted by Crippen LogP contribution is -2.04. The molecule has 0 spiro atoms. The molecule has 0 radical (unpaired) electrons. The minimum Gasteiger partial charge on any atom is -0.495 e. The van der Waals surface area contributed by atoms with Crippen molar-refractivity contribution in [3.05, 3.63) is 63.9 Å². The van der Waals surface area contributed by atoms with Gasteiger partial charge in [-0.05, 0) is 30.2 Å². The fourth-order valence-electron chi connectivity index (χ4n) is 1.91. The Morgan fingerprint density at radius 3 is 2.63 bits per heavy atom. The van der Waals surface area contributed by atoms with Gasteiger partial charge in [-0.25, -0.2) is 4.39 Å². The Bertz CT molecular complexity index is 599. The third kappa shape index (κ3) is 2.72. The molecule has 1 N–H and O–H groups in total. The third-order valence-electron chi connectivity index (χ3n) is 3.01. The average molecular weight is 281 g/mol. The van der Waals surface area contributed by atoms with Crippen LogP contribution in [0, 0.1) is 12.7 Å². The van der Waals surface area contributed by atoms with E-state index in [1.54, 1.807) is 43.3 Å². The van der Waals surface area contributed by atoms with Crippen molar-refractivity contribution in [2.24, 2.45) is 0 Å². The van der Waals surface area contributed by atoms with Crippen LogP contribution in [0.2, 0.25) is 5.02 Å². The van der Waals surface area contributed by atoms with E-state index in [0.717, 1.165) is 0 Å². The Morgan fingerprint density at radius 1 is 1.26 bits per heavy atom. The highest BCUT2D eigenvalue weighted by Crippen LogP contribution is 2.31. The van der Waals surface area contributed by atoms with Crippen molar-refractivity contribution in [1.29, 1.82) is 0 Å². The largest absolute Gasteiger partial charge is 0.495 e. The number of halogens is 2. The molecule has 0 aliphatic rings. The number of ether oxygens (including phenoxy) is 1. The summed E-state index contributed by atoms with van der Waals surface area (Å²) < 4.78 is 19.0. The van der Waals surface area contributed by atoms with Crippen molar-refractivity contribution >= 4 is 11.6 Å². The van der Waals surface area contributed by atoms with Gasteiger partial charge in [0.15, 0.2) is 0 Å². The average Bonchev–Trinajstić information content (AvgIpc) is 2.41. The molecule has 100 valence electrons. The number of benzene rings is 2. The number of aliphatic hydroxyl groups excluding tert-OH is 1. The van der Waals surface area contributed by atoms with Gasteiger partial charge in [-0.3, -0.25) is 0 Å². The summed E-state index contributed by atoms with van der Waals surface area (Å²) in [6.45, 7) is 1.66.